The summed E-state index contributed by atoms with van der Waals surface area (Å²) in [5, 5.41) is 14.7. The maximum absolute atomic E-state index is 12.3. The number of carbonyl (C=O) groups excluding carboxylic acids is 1. The lowest BCUT2D eigenvalue weighted by molar-refractivity contribution is 0.0952. The molecule has 1 amide bonds. The number of amides is 1. The van der Waals surface area contributed by atoms with Crippen LogP contribution in [0.5, 0.6) is 5.75 Å². The molecule has 0 aliphatic heterocycles. The molecule has 3 rings (SSSR count). The summed E-state index contributed by atoms with van der Waals surface area (Å²) in [7, 11) is 0. The Morgan fingerprint density at radius 2 is 1.44 bits per heavy atom. The van der Waals surface area contributed by atoms with Gasteiger partial charge in [0, 0.05) is 16.1 Å². The second kappa shape index (κ2) is 7.64. The van der Waals surface area contributed by atoms with Crippen LogP contribution in [0, 0.1) is 0 Å². The molecule has 3 aromatic rings. The Labute approximate surface area is 150 Å². The van der Waals surface area contributed by atoms with Crippen LogP contribution in [-0.2, 0) is 0 Å². The van der Waals surface area contributed by atoms with Crippen LogP contribution >= 0.6 is 11.6 Å². The van der Waals surface area contributed by atoms with Crippen molar-refractivity contribution in [1.82, 2.24) is 5.43 Å². The number of phenols is 1. The molecule has 0 spiro atoms. The molecule has 0 aliphatic rings. The monoisotopic (exact) mass is 350 g/mol. The number of para-hydroxylation sites is 1. The third-order valence-corrected chi connectivity index (χ3v) is 3.83. The molecule has 4 nitrogen and oxygen atoms in total. The zero-order valence-electron chi connectivity index (χ0n) is 13.2. The van der Waals surface area contributed by atoms with Crippen LogP contribution in [0.4, 0.5) is 0 Å². The first kappa shape index (κ1) is 16.7. The Morgan fingerprint density at radius 3 is 2.12 bits per heavy atom. The summed E-state index contributed by atoms with van der Waals surface area (Å²) < 4.78 is 0. The van der Waals surface area contributed by atoms with Crippen molar-refractivity contribution in [2.24, 2.45) is 5.10 Å². The van der Waals surface area contributed by atoms with Gasteiger partial charge in [0.25, 0.3) is 5.91 Å². The summed E-state index contributed by atoms with van der Waals surface area (Å²) in [6.07, 6.45) is 0. The van der Waals surface area contributed by atoms with Crippen LogP contribution in [0.15, 0.2) is 84.0 Å². The number of benzene rings is 3. The number of halogens is 1. The summed E-state index contributed by atoms with van der Waals surface area (Å²) in [6, 6.07) is 23.0. The minimum absolute atomic E-state index is 0.0945. The lowest BCUT2D eigenvalue weighted by Crippen LogP contribution is -2.20. The fourth-order valence-corrected chi connectivity index (χ4v) is 2.46. The highest BCUT2D eigenvalue weighted by Crippen LogP contribution is 2.17. The third-order valence-electron chi connectivity index (χ3n) is 3.58. The van der Waals surface area contributed by atoms with Gasteiger partial charge in [0.2, 0.25) is 0 Å². The van der Waals surface area contributed by atoms with E-state index in [2.05, 4.69) is 10.5 Å². The Hall–Kier alpha value is -3.11. The van der Waals surface area contributed by atoms with Crippen molar-refractivity contribution in [2.75, 3.05) is 0 Å². The van der Waals surface area contributed by atoms with Crippen LogP contribution in [-0.4, -0.2) is 16.7 Å². The van der Waals surface area contributed by atoms with Crippen molar-refractivity contribution in [3.8, 4) is 5.75 Å². The number of nitrogens with zero attached hydrogens (tertiary/aromatic N) is 1. The molecule has 0 unspecified atom stereocenters. The highest BCUT2D eigenvalue weighted by Gasteiger charge is 2.11. The fraction of sp³-hybridized carbons (Fsp3) is 0. The fourth-order valence-electron chi connectivity index (χ4n) is 2.33. The predicted octanol–water partition coefficient (Wildman–Crippen LogP) is 4.23. The van der Waals surface area contributed by atoms with Gasteiger partial charge in [0.1, 0.15) is 5.75 Å². The smallest absolute Gasteiger partial charge is 0.275 e. The standard InChI is InChI=1S/C20H15ClN2O2/c21-16-12-10-15(11-13-16)19(14-6-2-1-3-7-14)22-23-20(25)17-8-4-5-9-18(17)24/h1-13,24H,(H,23,25)/b22-19-. The van der Waals surface area contributed by atoms with Gasteiger partial charge in [-0.3, -0.25) is 4.79 Å². The molecule has 2 N–H and O–H groups in total. The number of hydrogen-bond acceptors (Lipinski definition) is 3. The van der Waals surface area contributed by atoms with Crippen molar-refractivity contribution in [1.29, 1.82) is 0 Å². The molecule has 25 heavy (non-hydrogen) atoms. The molecule has 0 saturated heterocycles. The van der Waals surface area contributed by atoms with E-state index in [4.69, 9.17) is 11.6 Å². The molecular formula is C20H15ClN2O2. The summed E-state index contributed by atoms with van der Waals surface area (Å²) in [4.78, 5) is 12.3. The molecular weight excluding hydrogens is 336 g/mol. The normalized spacial score (nSPS) is 11.2. The SMILES string of the molecule is O=C(N/N=C(/c1ccccc1)c1ccc(Cl)cc1)c1ccccc1O. The molecule has 0 radical (unpaired) electrons. The third kappa shape index (κ3) is 4.05. The lowest BCUT2D eigenvalue weighted by atomic mass is 10.0. The number of hydrogen-bond donors (Lipinski definition) is 2. The van der Waals surface area contributed by atoms with Gasteiger partial charge in [-0.05, 0) is 24.3 Å². The highest BCUT2D eigenvalue weighted by molar-refractivity contribution is 6.30. The van der Waals surface area contributed by atoms with E-state index >= 15 is 0 Å². The first-order chi connectivity index (χ1) is 12.1. The lowest BCUT2D eigenvalue weighted by Gasteiger charge is -2.09. The number of phenolic OH excluding ortho intramolecular Hbond substituents is 1. The van der Waals surface area contributed by atoms with Crippen molar-refractivity contribution in [2.45, 2.75) is 0 Å². The van der Waals surface area contributed by atoms with Crippen molar-refractivity contribution in [3.63, 3.8) is 0 Å². The summed E-state index contributed by atoms with van der Waals surface area (Å²) in [5.41, 5.74) is 4.93. The second-order valence-electron chi connectivity index (χ2n) is 5.29. The minimum Gasteiger partial charge on any atom is -0.507 e. The van der Waals surface area contributed by atoms with E-state index in [1.807, 2.05) is 42.5 Å². The molecule has 0 aliphatic carbocycles. The largest absolute Gasteiger partial charge is 0.507 e. The molecule has 0 bridgehead atoms. The molecule has 0 heterocycles. The maximum atomic E-state index is 12.3. The number of aromatic hydroxyl groups is 1. The van der Waals surface area contributed by atoms with Crippen molar-refractivity contribution < 1.29 is 9.90 Å². The quantitative estimate of drug-likeness (QED) is 0.546. The zero-order valence-corrected chi connectivity index (χ0v) is 13.9. The molecule has 124 valence electrons. The maximum Gasteiger partial charge on any atom is 0.275 e. The van der Waals surface area contributed by atoms with Gasteiger partial charge >= 0.3 is 0 Å². The number of nitrogens with one attached hydrogen (secondary N) is 1. The predicted molar refractivity (Wildman–Crippen MR) is 99.1 cm³/mol. The van der Waals surface area contributed by atoms with Crippen LogP contribution < -0.4 is 5.43 Å². The minimum atomic E-state index is -0.486. The topological polar surface area (TPSA) is 61.7 Å². The Kier molecular flexibility index (Phi) is 5.11. The highest BCUT2D eigenvalue weighted by atomic mass is 35.5. The van der Waals surface area contributed by atoms with Gasteiger partial charge in [-0.25, -0.2) is 5.43 Å². The van der Waals surface area contributed by atoms with Crippen molar-refractivity contribution in [3.05, 3.63) is 101 Å². The summed E-state index contributed by atoms with van der Waals surface area (Å²) in [5.74, 6) is -0.580. The number of hydrazone groups is 1. The Morgan fingerprint density at radius 1 is 0.840 bits per heavy atom. The first-order valence-electron chi connectivity index (χ1n) is 7.62. The van der Waals surface area contributed by atoms with E-state index in [-0.39, 0.29) is 11.3 Å². The van der Waals surface area contributed by atoms with E-state index in [9.17, 15) is 9.90 Å². The summed E-state index contributed by atoms with van der Waals surface area (Å²) >= 11 is 5.95. The van der Waals surface area contributed by atoms with E-state index < -0.39 is 5.91 Å². The van der Waals surface area contributed by atoms with E-state index in [0.29, 0.717) is 10.7 Å². The molecule has 5 heteroatoms. The zero-order chi connectivity index (χ0) is 17.6. The van der Waals surface area contributed by atoms with E-state index in [1.54, 1.807) is 24.3 Å². The van der Waals surface area contributed by atoms with Gasteiger partial charge < -0.3 is 5.11 Å². The van der Waals surface area contributed by atoms with E-state index in [0.717, 1.165) is 11.1 Å². The average Bonchev–Trinajstić information content (AvgIpc) is 2.64. The Bertz CT molecular complexity index is 906. The second-order valence-corrected chi connectivity index (χ2v) is 5.73. The number of carbonyl (C=O) groups is 1. The van der Waals surface area contributed by atoms with Crippen LogP contribution in [0.2, 0.25) is 5.02 Å². The summed E-state index contributed by atoms with van der Waals surface area (Å²) in [6.45, 7) is 0. The molecule has 0 aromatic heterocycles. The molecule has 0 saturated carbocycles. The van der Waals surface area contributed by atoms with Gasteiger partial charge in [0.05, 0.1) is 11.3 Å². The van der Waals surface area contributed by atoms with Gasteiger partial charge in [-0.15, -0.1) is 0 Å². The average molecular weight is 351 g/mol. The molecule has 0 fully saturated rings. The first-order valence-corrected chi connectivity index (χ1v) is 8.00. The van der Waals surface area contributed by atoms with Crippen LogP contribution in [0.25, 0.3) is 0 Å². The van der Waals surface area contributed by atoms with Crippen LogP contribution in [0.1, 0.15) is 21.5 Å². The van der Waals surface area contributed by atoms with Gasteiger partial charge in [0.15, 0.2) is 0 Å². The van der Waals surface area contributed by atoms with Gasteiger partial charge in [-0.1, -0.05) is 66.2 Å². The Balaban J connectivity index is 1.94. The van der Waals surface area contributed by atoms with Crippen LogP contribution in [0.3, 0.4) is 0 Å². The molecule has 0 atom stereocenters. The molecule has 3 aromatic carbocycles. The van der Waals surface area contributed by atoms with Crippen molar-refractivity contribution >= 4 is 23.2 Å². The van der Waals surface area contributed by atoms with Gasteiger partial charge in [-0.2, -0.15) is 5.10 Å². The van der Waals surface area contributed by atoms with E-state index in [1.165, 1.54) is 12.1 Å². The number of rotatable bonds is 4.